The largest absolute Gasteiger partial charge is 0.465 e. The van der Waals surface area contributed by atoms with Crippen LogP contribution in [0.1, 0.15) is 50.1 Å². The Labute approximate surface area is 185 Å². The lowest BCUT2D eigenvalue weighted by Gasteiger charge is -2.22. The molecule has 2 aromatic carbocycles. The fourth-order valence-electron chi connectivity index (χ4n) is 3.78. The molecule has 0 unspecified atom stereocenters. The smallest absolute Gasteiger partial charge is 0.337 e. The van der Waals surface area contributed by atoms with Gasteiger partial charge in [-0.1, -0.05) is 12.1 Å². The number of benzene rings is 2. The van der Waals surface area contributed by atoms with E-state index in [1.165, 1.54) is 30.6 Å². The SMILES string of the molecule is COC(=O)c1ccc(N2CCCC2)c(NC(=O)c2ccc(C3SCCCS3)cc2)c1. The van der Waals surface area contributed by atoms with Gasteiger partial charge in [0, 0.05) is 18.7 Å². The number of carbonyl (C=O) groups excluding carboxylic acids is 2. The normalized spacial score (nSPS) is 17.0. The number of nitrogens with zero attached hydrogens (tertiary/aromatic N) is 1. The van der Waals surface area contributed by atoms with Crippen molar-refractivity contribution in [3.05, 3.63) is 59.2 Å². The molecule has 0 bridgehead atoms. The predicted octanol–water partition coefficient (Wildman–Crippen LogP) is 5.19. The summed E-state index contributed by atoms with van der Waals surface area (Å²) < 4.78 is 5.30. The molecule has 0 spiro atoms. The van der Waals surface area contributed by atoms with Gasteiger partial charge in [0.2, 0.25) is 0 Å². The first kappa shape index (κ1) is 21.1. The summed E-state index contributed by atoms with van der Waals surface area (Å²) in [7, 11) is 1.36. The average Bonchev–Trinajstić information content (AvgIpc) is 3.34. The summed E-state index contributed by atoms with van der Waals surface area (Å²) >= 11 is 3.94. The molecule has 0 radical (unpaired) electrons. The third-order valence-corrected chi connectivity index (χ3v) is 8.40. The summed E-state index contributed by atoms with van der Waals surface area (Å²) in [5.74, 6) is 1.80. The molecule has 1 N–H and O–H groups in total. The fourth-order valence-corrected chi connectivity index (χ4v) is 6.68. The van der Waals surface area contributed by atoms with Gasteiger partial charge in [-0.25, -0.2) is 4.79 Å². The number of methoxy groups -OCH3 is 1. The molecule has 2 heterocycles. The van der Waals surface area contributed by atoms with E-state index < -0.39 is 5.97 Å². The molecule has 30 heavy (non-hydrogen) atoms. The van der Waals surface area contributed by atoms with Crippen LogP contribution < -0.4 is 10.2 Å². The highest BCUT2D eigenvalue weighted by atomic mass is 32.2. The van der Waals surface area contributed by atoms with Crippen molar-refractivity contribution in [3.8, 4) is 0 Å². The van der Waals surface area contributed by atoms with Crippen LogP contribution in [0.25, 0.3) is 0 Å². The van der Waals surface area contributed by atoms with Crippen LogP contribution >= 0.6 is 23.5 Å². The van der Waals surface area contributed by atoms with Crippen molar-refractivity contribution < 1.29 is 14.3 Å². The van der Waals surface area contributed by atoms with Crippen molar-refractivity contribution in [1.82, 2.24) is 0 Å². The summed E-state index contributed by atoms with van der Waals surface area (Å²) in [6.07, 6.45) is 3.52. The second kappa shape index (κ2) is 9.79. The maximum absolute atomic E-state index is 13.0. The van der Waals surface area contributed by atoms with Gasteiger partial charge >= 0.3 is 5.97 Å². The van der Waals surface area contributed by atoms with Crippen molar-refractivity contribution in [3.63, 3.8) is 0 Å². The first-order chi connectivity index (χ1) is 14.7. The fraction of sp³-hybridized carbons (Fsp3) is 0.391. The van der Waals surface area contributed by atoms with E-state index in [1.54, 1.807) is 12.1 Å². The second-order valence-corrected chi connectivity index (χ2v) is 10.1. The van der Waals surface area contributed by atoms with Gasteiger partial charge in [0.15, 0.2) is 0 Å². The van der Waals surface area contributed by atoms with Gasteiger partial charge in [0.1, 0.15) is 0 Å². The minimum Gasteiger partial charge on any atom is -0.465 e. The molecular weight excluding hydrogens is 416 g/mol. The zero-order valence-corrected chi connectivity index (χ0v) is 18.7. The van der Waals surface area contributed by atoms with Crippen LogP contribution in [0.2, 0.25) is 0 Å². The number of esters is 1. The molecule has 7 heteroatoms. The van der Waals surface area contributed by atoms with Gasteiger partial charge in [-0.3, -0.25) is 4.79 Å². The van der Waals surface area contributed by atoms with E-state index in [9.17, 15) is 9.59 Å². The van der Waals surface area contributed by atoms with Crippen molar-refractivity contribution in [2.75, 3.05) is 41.9 Å². The minimum atomic E-state index is -0.412. The maximum Gasteiger partial charge on any atom is 0.337 e. The zero-order chi connectivity index (χ0) is 20.9. The number of hydrogen-bond donors (Lipinski definition) is 1. The third-order valence-electron chi connectivity index (χ3n) is 5.38. The summed E-state index contributed by atoms with van der Waals surface area (Å²) in [5, 5.41) is 3.02. The number of rotatable bonds is 5. The van der Waals surface area contributed by atoms with Crippen LogP contribution in [0, 0.1) is 0 Å². The minimum absolute atomic E-state index is 0.173. The Morgan fingerprint density at radius 2 is 1.63 bits per heavy atom. The van der Waals surface area contributed by atoms with E-state index in [4.69, 9.17) is 4.74 Å². The summed E-state index contributed by atoms with van der Waals surface area (Å²) in [4.78, 5) is 27.2. The van der Waals surface area contributed by atoms with Crippen LogP contribution in [-0.2, 0) is 4.74 Å². The topological polar surface area (TPSA) is 58.6 Å². The van der Waals surface area contributed by atoms with Crippen LogP contribution in [-0.4, -0.2) is 43.6 Å². The molecule has 2 aliphatic heterocycles. The monoisotopic (exact) mass is 442 g/mol. The van der Waals surface area contributed by atoms with Crippen LogP contribution in [0.3, 0.4) is 0 Å². The molecule has 158 valence electrons. The van der Waals surface area contributed by atoms with Gasteiger partial charge in [-0.2, -0.15) is 0 Å². The summed E-state index contributed by atoms with van der Waals surface area (Å²) in [6.45, 7) is 1.90. The average molecular weight is 443 g/mol. The lowest BCUT2D eigenvalue weighted by atomic mass is 10.1. The molecule has 2 aromatic rings. The van der Waals surface area contributed by atoms with E-state index in [-0.39, 0.29) is 5.91 Å². The predicted molar refractivity (Wildman–Crippen MR) is 126 cm³/mol. The van der Waals surface area contributed by atoms with Gasteiger partial charge in [-0.05, 0) is 66.7 Å². The van der Waals surface area contributed by atoms with Crippen molar-refractivity contribution in [1.29, 1.82) is 0 Å². The Balaban J connectivity index is 1.54. The molecule has 4 rings (SSSR count). The molecular formula is C23H26N2O3S2. The molecule has 2 aliphatic rings. The van der Waals surface area contributed by atoms with E-state index in [0.29, 0.717) is 21.4 Å². The number of anilines is 2. The molecule has 2 fully saturated rings. The Hall–Kier alpha value is -2.12. The quantitative estimate of drug-likeness (QED) is 0.643. The highest BCUT2D eigenvalue weighted by Gasteiger charge is 2.20. The zero-order valence-electron chi connectivity index (χ0n) is 17.1. The molecule has 5 nitrogen and oxygen atoms in total. The van der Waals surface area contributed by atoms with Gasteiger partial charge < -0.3 is 15.0 Å². The second-order valence-electron chi connectivity index (χ2n) is 7.42. The Morgan fingerprint density at radius 3 is 2.30 bits per heavy atom. The molecule has 0 saturated carbocycles. The lowest BCUT2D eigenvalue weighted by molar-refractivity contribution is 0.0600. The Kier molecular flexibility index (Phi) is 6.89. The highest BCUT2D eigenvalue weighted by molar-refractivity contribution is 8.16. The number of hydrogen-bond acceptors (Lipinski definition) is 6. The van der Waals surface area contributed by atoms with Crippen LogP contribution in [0.4, 0.5) is 11.4 Å². The number of amides is 1. The third kappa shape index (κ3) is 4.78. The summed E-state index contributed by atoms with van der Waals surface area (Å²) in [5.41, 5.74) is 3.89. The van der Waals surface area contributed by atoms with Crippen molar-refractivity contribution in [2.45, 2.75) is 23.8 Å². The number of ether oxygens (including phenoxy) is 1. The van der Waals surface area contributed by atoms with E-state index in [1.807, 2.05) is 41.7 Å². The van der Waals surface area contributed by atoms with Gasteiger partial charge in [-0.15, -0.1) is 23.5 Å². The van der Waals surface area contributed by atoms with E-state index in [2.05, 4.69) is 22.3 Å². The maximum atomic E-state index is 13.0. The number of thioether (sulfide) groups is 2. The van der Waals surface area contributed by atoms with Crippen molar-refractivity contribution in [2.24, 2.45) is 0 Å². The van der Waals surface area contributed by atoms with E-state index in [0.717, 1.165) is 31.6 Å². The van der Waals surface area contributed by atoms with Gasteiger partial charge in [0.25, 0.3) is 5.91 Å². The molecule has 0 atom stereocenters. The Morgan fingerprint density at radius 1 is 0.967 bits per heavy atom. The molecule has 0 aromatic heterocycles. The number of carbonyl (C=O) groups is 2. The summed E-state index contributed by atoms with van der Waals surface area (Å²) in [6, 6.07) is 13.2. The molecule has 1 amide bonds. The Bertz CT molecular complexity index is 905. The van der Waals surface area contributed by atoms with Gasteiger partial charge in [0.05, 0.1) is 28.6 Å². The standard InChI is InChI=1S/C23H26N2O3S2/c1-28-22(27)18-9-10-20(25-11-2-3-12-25)19(15-18)24-21(26)16-5-7-17(8-6-16)23-29-13-4-14-30-23/h5-10,15,23H,2-4,11-14H2,1H3,(H,24,26). The first-order valence-electron chi connectivity index (χ1n) is 10.3. The lowest BCUT2D eigenvalue weighted by Crippen LogP contribution is -2.21. The van der Waals surface area contributed by atoms with E-state index >= 15 is 0 Å². The molecule has 2 saturated heterocycles. The first-order valence-corrected chi connectivity index (χ1v) is 12.4. The van der Waals surface area contributed by atoms with Crippen LogP contribution in [0.5, 0.6) is 0 Å². The highest BCUT2D eigenvalue weighted by Crippen LogP contribution is 2.43. The molecule has 0 aliphatic carbocycles. The van der Waals surface area contributed by atoms with Crippen LogP contribution in [0.15, 0.2) is 42.5 Å². The number of nitrogens with one attached hydrogen (secondary N) is 1. The van der Waals surface area contributed by atoms with Crippen molar-refractivity contribution >= 4 is 46.8 Å².